The highest BCUT2D eigenvalue weighted by Gasteiger charge is 2.04. The Bertz CT molecular complexity index is 128. The molecule has 0 amide bonds. The first-order valence-electron chi connectivity index (χ1n) is 4.25. The summed E-state index contributed by atoms with van der Waals surface area (Å²) in [6.45, 7) is 6.34. The molecule has 0 aliphatic heterocycles. The van der Waals surface area contributed by atoms with E-state index in [2.05, 4.69) is 13.8 Å². The second-order valence-corrected chi connectivity index (χ2v) is 3.11. The van der Waals surface area contributed by atoms with Crippen molar-refractivity contribution in [3.05, 3.63) is 0 Å². The molecule has 0 aromatic carbocycles. The lowest BCUT2D eigenvalue weighted by Crippen LogP contribution is -2.06. The van der Waals surface area contributed by atoms with Gasteiger partial charge in [0.15, 0.2) is 0 Å². The van der Waals surface area contributed by atoms with E-state index in [0.717, 1.165) is 18.8 Å². The van der Waals surface area contributed by atoms with Crippen LogP contribution in [0.5, 0.6) is 0 Å². The van der Waals surface area contributed by atoms with Crippen LogP contribution in [0, 0.1) is 17.4 Å². The molecule has 0 fully saturated rings. The molecule has 0 bridgehead atoms. The predicted octanol–water partition coefficient (Wildman–Crippen LogP) is 2.70. The summed E-state index contributed by atoms with van der Waals surface area (Å²) in [5.74, 6) is 0.750. The van der Waals surface area contributed by atoms with Crippen LogP contribution in [-0.4, -0.2) is 6.10 Å². The Morgan fingerprint density at radius 3 is 2.45 bits per heavy atom. The highest BCUT2D eigenvalue weighted by Crippen LogP contribution is 2.12. The molecule has 0 aromatic heterocycles. The Balaban J connectivity index is 3.31. The molecular formula is C9H17NO. The maximum absolute atomic E-state index is 8.19. The molecule has 0 rings (SSSR count). The lowest BCUT2D eigenvalue weighted by molar-refractivity contribution is 0.161. The number of ether oxygens (including phenoxy) is 1. The third-order valence-electron chi connectivity index (χ3n) is 2.02. The number of hydrogen-bond donors (Lipinski definition) is 0. The zero-order chi connectivity index (χ0) is 8.69. The van der Waals surface area contributed by atoms with Crippen molar-refractivity contribution in [1.82, 2.24) is 0 Å². The van der Waals surface area contributed by atoms with Gasteiger partial charge in [-0.3, -0.25) is 0 Å². The van der Waals surface area contributed by atoms with E-state index in [1.165, 1.54) is 6.42 Å². The SMILES string of the molecule is CCC(C)CCC(C)OC#N. The summed E-state index contributed by atoms with van der Waals surface area (Å²) in [7, 11) is 0. The van der Waals surface area contributed by atoms with Gasteiger partial charge in [0, 0.05) is 0 Å². The van der Waals surface area contributed by atoms with Crippen LogP contribution in [0.4, 0.5) is 0 Å². The molecule has 2 heteroatoms. The van der Waals surface area contributed by atoms with Crippen molar-refractivity contribution in [2.75, 3.05) is 0 Å². The van der Waals surface area contributed by atoms with Gasteiger partial charge in [-0.1, -0.05) is 20.3 Å². The largest absolute Gasteiger partial charge is 0.424 e. The van der Waals surface area contributed by atoms with E-state index in [-0.39, 0.29) is 6.10 Å². The second-order valence-electron chi connectivity index (χ2n) is 3.11. The van der Waals surface area contributed by atoms with Gasteiger partial charge in [0.1, 0.15) is 6.10 Å². The minimum Gasteiger partial charge on any atom is -0.424 e. The molecule has 0 aliphatic carbocycles. The Labute approximate surface area is 69.2 Å². The standard InChI is InChI=1S/C9H17NO/c1-4-8(2)5-6-9(3)11-7-10/h8-9H,4-6H2,1-3H3. The summed E-state index contributed by atoms with van der Waals surface area (Å²) >= 11 is 0. The molecule has 0 aromatic rings. The zero-order valence-corrected chi connectivity index (χ0v) is 7.63. The summed E-state index contributed by atoms with van der Waals surface area (Å²) in [4.78, 5) is 0. The minimum atomic E-state index is 0.0917. The topological polar surface area (TPSA) is 33.0 Å². The first kappa shape index (κ1) is 10.3. The van der Waals surface area contributed by atoms with Gasteiger partial charge in [-0.05, 0) is 25.7 Å². The van der Waals surface area contributed by atoms with Crippen LogP contribution in [0.1, 0.15) is 40.0 Å². The molecule has 2 unspecified atom stereocenters. The molecular weight excluding hydrogens is 138 g/mol. The van der Waals surface area contributed by atoms with Gasteiger partial charge in [0.2, 0.25) is 0 Å². The number of rotatable bonds is 5. The molecule has 0 radical (unpaired) electrons. The molecule has 0 saturated carbocycles. The van der Waals surface area contributed by atoms with Crippen molar-refractivity contribution >= 4 is 0 Å². The summed E-state index contributed by atoms with van der Waals surface area (Å²) < 4.78 is 4.74. The summed E-state index contributed by atoms with van der Waals surface area (Å²) in [5, 5.41) is 8.19. The normalized spacial score (nSPS) is 15.1. The molecule has 2 nitrogen and oxygen atoms in total. The minimum absolute atomic E-state index is 0.0917. The molecule has 0 spiro atoms. The maximum atomic E-state index is 8.19. The van der Waals surface area contributed by atoms with Gasteiger partial charge in [-0.25, -0.2) is 0 Å². The van der Waals surface area contributed by atoms with Crippen LogP contribution >= 0.6 is 0 Å². The fourth-order valence-corrected chi connectivity index (χ4v) is 0.872. The van der Waals surface area contributed by atoms with Crippen LogP contribution in [0.2, 0.25) is 0 Å². The molecule has 0 N–H and O–H groups in total. The fraction of sp³-hybridized carbons (Fsp3) is 0.889. The van der Waals surface area contributed by atoms with E-state index in [1.807, 2.05) is 6.92 Å². The fourth-order valence-electron chi connectivity index (χ4n) is 0.872. The van der Waals surface area contributed by atoms with Gasteiger partial charge < -0.3 is 4.74 Å². The van der Waals surface area contributed by atoms with E-state index in [0.29, 0.717) is 0 Å². The van der Waals surface area contributed by atoms with E-state index < -0.39 is 0 Å². The van der Waals surface area contributed by atoms with E-state index in [1.54, 1.807) is 6.26 Å². The lowest BCUT2D eigenvalue weighted by atomic mass is 10.0. The molecule has 2 atom stereocenters. The van der Waals surface area contributed by atoms with Crippen molar-refractivity contribution in [1.29, 1.82) is 5.26 Å². The lowest BCUT2D eigenvalue weighted by Gasteiger charge is -2.11. The first-order chi connectivity index (χ1) is 5.20. The maximum Gasteiger partial charge on any atom is 0.286 e. The average molecular weight is 155 g/mol. The predicted molar refractivity (Wildman–Crippen MR) is 44.8 cm³/mol. The van der Waals surface area contributed by atoms with Crippen LogP contribution in [0.25, 0.3) is 0 Å². The molecule has 0 heterocycles. The van der Waals surface area contributed by atoms with Gasteiger partial charge in [0.25, 0.3) is 6.26 Å². The average Bonchev–Trinajstić information content (AvgIpc) is 2.01. The Hall–Kier alpha value is -0.710. The Morgan fingerprint density at radius 2 is 2.00 bits per heavy atom. The quantitative estimate of drug-likeness (QED) is 0.572. The van der Waals surface area contributed by atoms with Gasteiger partial charge in [0.05, 0.1) is 0 Å². The van der Waals surface area contributed by atoms with E-state index >= 15 is 0 Å². The Kier molecular flexibility index (Phi) is 5.64. The Morgan fingerprint density at radius 1 is 1.36 bits per heavy atom. The van der Waals surface area contributed by atoms with Crippen LogP contribution in [-0.2, 0) is 4.74 Å². The summed E-state index contributed by atoms with van der Waals surface area (Å²) in [5.41, 5.74) is 0. The molecule has 11 heavy (non-hydrogen) atoms. The van der Waals surface area contributed by atoms with Crippen molar-refractivity contribution in [3.63, 3.8) is 0 Å². The summed E-state index contributed by atoms with van der Waals surface area (Å²) in [6.07, 6.45) is 5.15. The van der Waals surface area contributed by atoms with Crippen LogP contribution < -0.4 is 0 Å². The number of nitriles is 1. The molecule has 0 aliphatic rings. The van der Waals surface area contributed by atoms with E-state index in [4.69, 9.17) is 10.00 Å². The van der Waals surface area contributed by atoms with Crippen molar-refractivity contribution in [2.45, 2.75) is 46.1 Å². The highest BCUT2D eigenvalue weighted by atomic mass is 16.5. The van der Waals surface area contributed by atoms with Crippen molar-refractivity contribution in [2.24, 2.45) is 5.92 Å². The molecule has 64 valence electrons. The van der Waals surface area contributed by atoms with Crippen LogP contribution in [0.15, 0.2) is 0 Å². The van der Waals surface area contributed by atoms with Gasteiger partial charge >= 0.3 is 0 Å². The molecule has 0 saturated heterocycles. The van der Waals surface area contributed by atoms with Gasteiger partial charge in [-0.15, -0.1) is 0 Å². The van der Waals surface area contributed by atoms with Crippen molar-refractivity contribution in [3.8, 4) is 6.26 Å². The third kappa shape index (κ3) is 5.72. The number of nitrogens with zero attached hydrogens (tertiary/aromatic N) is 1. The smallest absolute Gasteiger partial charge is 0.286 e. The first-order valence-corrected chi connectivity index (χ1v) is 4.25. The zero-order valence-electron chi connectivity index (χ0n) is 7.63. The number of hydrogen-bond acceptors (Lipinski definition) is 2. The second kappa shape index (κ2) is 6.03. The van der Waals surface area contributed by atoms with Crippen LogP contribution in [0.3, 0.4) is 0 Å². The van der Waals surface area contributed by atoms with E-state index in [9.17, 15) is 0 Å². The third-order valence-corrected chi connectivity index (χ3v) is 2.02. The van der Waals surface area contributed by atoms with Gasteiger partial charge in [-0.2, -0.15) is 5.26 Å². The van der Waals surface area contributed by atoms with Crippen molar-refractivity contribution < 1.29 is 4.74 Å². The monoisotopic (exact) mass is 155 g/mol. The highest BCUT2D eigenvalue weighted by molar-refractivity contribution is 4.60. The summed E-state index contributed by atoms with van der Waals surface area (Å²) in [6, 6.07) is 0.